The van der Waals surface area contributed by atoms with E-state index >= 15 is 0 Å². The van der Waals surface area contributed by atoms with Crippen LogP contribution in [0.4, 0.5) is 11.6 Å². The van der Waals surface area contributed by atoms with Crippen molar-refractivity contribution < 1.29 is 4.79 Å². The second kappa shape index (κ2) is 6.44. The Balaban J connectivity index is 1.82. The van der Waals surface area contributed by atoms with Gasteiger partial charge in [-0.2, -0.15) is 0 Å². The van der Waals surface area contributed by atoms with Gasteiger partial charge in [-0.1, -0.05) is 22.0 Å². The predicted octanol–water partition coefficient (Wildman–Crippen LogP) is 3.40. The molecule has 0 radical (unpaired) electrons. The smallest absolute Gasteiger partial charge is 0.274 e. The molecule has 0 saturated carbocycles. The van der Waals surface area contributed by atoms with E-state index in [2.05, 4.69) is 36.1 Å². The maximum atomic E-state index is 12.4. The van der Waals surface area contributed by atoms with Crippen LogP contribution >= 0.6 is 15.9 Å². The Hall–Kier alpha value is -1.95. The van der Waals surface area contributed by atoms with Gasteiger partial charge in [-0.3, -0.25) is 4.79 Å². The van der Waals surface area contributed by atoms with Gasteiger partial charge in [0.05, 0.1) is 0 Å². The van der Waals surface area contributed by atoms with Gasteiger partial charge < -0.3 is 10.2 Å². The second-order valence-corrected chi connectivity index (χ2v) is 6.27. The van der Waals surface area contributed by atoms with E-state index in [-0.39, 0.29) is 5.91 Å². The lowest BCUT2D eigenvalue weighted by Crippen LogP contribution is -2.23. The van der Waals surface area contributed by atoms with Crippen molar-refractivity contribution in [2.24, 2.45) is 0 Å². The van der Waals surface area contributed by atoms with E-state index < -0.39 is 0 Å². The topological polar surface area (TPSA) is 58.1 Å². The number of anilines is 2. The third-order valence-electron chi connectivity index (χ3n) is 3.55. The zero-order valence-corrected chi connectivity index (χ0v) is 13.9. The molecule has 3 rings (SSSR count). The highest BCUT2D eigenvalue weighted by molar-refractivity contribution is 9.10. The van der Waals surface area contributed by atoms with E-state index in [1.54, 1.807) is 6.07 Å². The number of halogens is 1. The molecule has 1 aliphatic rings. The summed E-state index contributed by atoms with van der Waals surface area (Å²) in [6, 6.07) is 9.20. The summed E-state index contributed by atoms with van der Waals surface area (Å²) in [5, 5.41) is 2.87. The van der Waals surface area contributed by atoms with Crippen molar-refractivity contribution in [2.45, 2.75) is 19.8 Å². The summed E-state index contributed by atoms with van der Waals surface area (Å²) < 4.78 is 0.918. The standard InChI is InChI=1S/C16H17BrN4O/c1-11-9-14(20-16(18-11)21-7-2-3-8-21)15(22)19-13-6-4-5-12(17)10-13/h4-6,9-10H,2-3,7-8H2,1H3,(H,19,22). The predicted molar refractivity (Wildman–Crippen MR) is 90.3 cm³/mol. The lowest BCUT2D eigenvalue weighted by Gasteiger charge is -2.16. The number of aryl methyl sites for hydroxylation is 1. The molecule has 1 aliphatic heterocycles. The van der Waals surface area contributed by atoms with Crippen molar-refractivity contribution >= 4 is 33.5 Å². The fourth-order valence-corrected chi connectivity index (χ4v) is 2.89. The molecule has 6 heteroatoms. The Morgan fingerprint density at radius 2 is 2.00 bits per heavy atom. The summed E-state index contributed by atoms with van der Waals surface area (Å²) in [7, 11) is 0. The van der Waals surface area contributed by atoms with Crippen LogP contribution < -0.4 is 10.2 Å². The first-order valence-corrected chi connectivity index (χ1v) is 8.09. The van der Waals surface area contributed by atoms with Crippen LogP contribution in [0.1, 0.15) is 29.0 Å². The highest BCUT2D eigenvalue weighted by Crippen LogP contribution is 2.19. The van der Waals surface area contributed by atoms with E-state index in [1.807, 2.05) is 31.2 Å². The molecule has 1 aromatic carbocycles. The van der Waals surface area contributed by atoms with Crippen LogP contribution in [0.25, 0.3) is 0 Å². The first kappa shape index (κ1) is 15.0. The molecule has 1 aromatic heterocycles. The van der Waals surface area contributed by atoms with Crippen LogP contribution in [-0.4, -0.2) is 29.0 Å². The number of amides is 1. The molecular formula is C16H17BrN4O. The summed E-state index contributed by atoms with van der Waals surface area (Å²) in [5.41, 5.74) is 1.93. The lowest BCUT2D eigenvalue weighted by atomic mass is 10.3. The number of hydrogen-bond donors (Lipinski definition) is 1. The van der Waals surface area contributed by atoms with Crippen LogP contribution in [0.5, 0.6) is 0 Å². The number of nitrogens with one attached hydrogen (secondary N) is 1. The SMILES string of the molecule is Cc1cc(C(=O)Nc2cccc(Br)c2)nc(N2CCCC2)n1. The van der Waals surface area contributed by atoms with Crippen molar-refractivity contribution in [1.29, 1.82) is 0 Å². The maximum Gasteiger partial charge on any atom is 0.274 e. The van der Waals surface area contributed by atoms with Crippen LogP contribution in [0.15, 0.2) is 34.8 Å². The zero-order valence-electron chi connectivity index (χ0n) is 12.3. The Kier molecular flexibility index (Phi) is 4.38. The summed E-state index contributed by atoms with van der Waals surface area (Å²) >= 11 is 3.39. The second-order valence-electron chi connectivity index (χ2n) is 5.35. The molecule has 5 nitrogen and oxygen atoms in total. The molecule has 1 fully saturated rings. The minimum Gasteiger partial charge on any atom is -0.341 e. The molecule has 114 valence electrons. The van der Waals surface area contributed by atoms with Crippen molar-refractivity contribution in [2.75, 3.05) is 23.3 Å². The average molecular weight is 361 g/mol. The number of aromatic nitrogens is 2. The maximum absolute atomic E-state index is 12.4. The number of carbonyl (C=O) groups excluding carboxylic acids is 1. The molecule has 2 aromatic rings. The summed E-state index contributed by atoms with van der Waals surface area (Å²) in [6.07, 6.45) is 2.30. The largest absolute Gasteiger partial charge is 0.341 e. The summed E-state index contributed by atoms with van der Waals surface area (Å²) in [4.78, 5) is 23.4. The van der Waals surface area contributed by atoms with Crippen LogP contribution in [0.2, 0.25) is 0 Å². The monoisotopic (exact) mass is 360 g/mol. The van der Waals surface area contributed by atoms with Gasteiger partial charge in [0, 0.05) is 28.9 Å². The molecule has 0 atom stereocenters. The minimum absolute atomic E-state index is 0.218. The van der Waals surface area contributed by atoms with E-state index in [9.17, 15) is 4.79 Å². The molecular weight excluding hydrogens is 344 g/mol. The van der Waals surface area contributed by atoms with Crippen molar-refractivity contribution in [3.05, 3.63) is 46.2 Å². The van der Waals surface area contributed by atoms with E-state index in [0.29, 0.717) is 11.6 Å². The molecule has 0 unspecified atom stereocenters. The molecule has 0 bridgehead atoms. The number of benzene rings is 1. The first-order chi connectivity index (χ1) is 10.6. The molecule has 0 spiro atoms. The van der Waals surface area contributed by atoms with Gasteiger partial charge in [-0.25, -0.2) is 9.97 Å². The molecule has 0 aliphatic carbocycles. The quantitative estimate of drug-likeness (QED) is 0.911. The Labute approximate surface area is 137 Å². The number of rotatable bonds is 3. The fourth-order valence-electron chi connectivity index (χ4n) is 2.49. The van der Waals surface area contributed by atoms with Crippen molar-refractivity contribution in [3.63, 3.8) is 0 Å². The molecule has 22 heavy (non-hydrogen) atoms. The highest BCUT2D eigenvalue weighted by atomic mass is 79.9. The van der Waals surface area contributed by atoms with Gasteiger partial charge >= 0.3 is 0 Å². The summed E-state index contributed by atoms with van der Waals surface area (Å²) in [5.74, 6) is 0.431. The third-order valence-corrected chi connectivity index (χ3v) is 4.04. The van der Waals surface area contributed by atoms with Crippen LogP contribution in [0.3, 0.4) is 0 Å². The van der Waals surface area contributed by atoms with Gasteiger partial charge in [0.15, 0.2) is 0 Å². The van der Waals surface area contributed by atoms with Gasteiger partial charge in [0.2, 0.25) is 5.95 Å². The first-order valence-electron chi connectivity index (χ1n) is 7.29. The number of hydrogen-bond acceptors (Lipinski definition) is 4. The highest BCUT2D eigenvalue weighted by Gasteiger charge is 2.18. The van der Waals surface area contributed by atoms with Gasteiger partial charge in [0.25, 0.3) is 5.91 Å². The normalized spacial score (nSPS) is 14.2. The minimum atomic E-state index is -0.218. The Morgan fingerprint density at radius 3 is 2.73 bits per heavy atom. The summed E-state index contributed by atoms with van der Waals surface area (Å²) in [6.45, 7) is 3.80. The van der Waals surface area contributed by atoms with E-state index in [0.717, 1.165) is 41.8 Å². The van der Waals surface area contributed by atoms with Crippen molar-refractivity contribution in [3.8, 4) is 0 Å². The average Bonchev–Trinajstić information content (AvgIpc) is 3.01. The number of nitrogens with zero attached hydrogens (tertiary/aromatic N) is 3. The van der Waals surface area contributed by atoms with Crippen molar-refractivity contribution in [1.82, 2.24) is 9.97 Å². The lowest BCUT2D eigenvalue weighted by molar-refractivity contribution is 0.102. The van der Waals surface area contributed by atoms with Gasteiger partial charge in [-0.15, -0.1) is 0 Å². The third kappa shape index (κ3) is 3.44. The Bertz CT molecular complexity index is 698. The number of carbonyl (C=O) groups is 1. The Morgan fingerprint density at radius 1 is 1.23 bits per heavy atom. The molecule has 1 saturated heterocycles. The van der Waals surface area contributed by atoms with Gasteiger partial charge in [0.1, 0.15) is 5.69 Å². The van der Waals surface area contributed by atoms with Crippen LogP contribution in [0, 0.1) is 6.92 Å². The molecule has 1 amide bonds. The molecule has 1 N–H and O–H groups in total. The zero-order chi connectivity index (χ0) is 15.5. The fraction of sp³-hybridized carbons (Fsp3) is 0.312. The molecule has 2 heterocycles. The van der Waals surface area contributed by atoms with E-state index in [1.165, 1.54) is 0 Å². The van der Waals surface area contributed by atoms with Crippen LogP contribution in [-0.2, 0) is 0 Å². The van der Waals surface area contributed by atoms with Gasteiger partial charge in [-0.05, 0) is 44.0 Å². The van der Waals surface area contributed by atoms with E-state index in [4.69, 9.17) is 0 Å².